The number of nitrogens with zero attached hydrogens (tertiary/aromatic N) is 2. The van der Waals surface area contributed by atoms with E-state index in [-0.39, 0.29) is 11.7 Å². The third-order valence-corrected chi connectivity index (χ3v) is 9.40. The van der Waals surface area contributed by atoms with Gasteiger partial charge in [0.25, 0.3) is 0 Å². The van der Waals surface area contributed by atoms with Crippen LogP contribution in [0.4, 0.5) is 0 Å². The molecule has 0 spiro atoms. The molecule has 5 rings (SSSR count). The Hall–Kier alpha value is -2.84. The standard InChI is InChI=1S/C31H35IN3O2/c1-21(2)26-17-27(28(36)18-29(26)37-20-24-7-5-4-6-8-24)31-30(22(3)33-34-31)25-11-9-23(10-12-25)19-35-15-13-32-14-16-35/h4-12,17-18,21,36H,13-16,19-20H2,1-3H3,(H,33,34)/q-1. The van der Waals surface area contributed by atoms with Gasteiger partial charge in [0, 0.05) is 6.07 Å². The molecule has 1 aromatic heterocycles. The first-order valence-corrected chi connectivity index (χ1v) is 16.0. The summed E-state index contributed by atoms with van der Waals surface area (Å²) in [5.41, 5.74) is 8.08. The van der Waals surface area contributed by atoms with Crippen LogP contribution in [0.3, 0.4) is 0 Å². The summed E-state index contributed by atoms with van der Waals surface area (Å²) in [4.78, 5) is 2.57. The van der Waals surface area contributed by atoms with Crippen molar-refractivity contribution in [2.45, 2.75) is 39.8 Å². The van der Waals surface area contributed by atoms with Crippen LogP contribution in [-0.4, -0.2) is 42.1 Å². The molecule has 4 aromatic rings. The molecule has 2 heterocycles. The number of nitrogens with one attached hydrogen (secondary N) is 1. The molecule has 1 fully saturated rings. The number of phenolic OH excluding ortho intramolecular Hbond substituents is 1. The molecule has 0 amide bonds. The van der Waals surface area contributed by atoms with Crippen LogP contribution >= 0.6 is 0 Å². The number of aryl methyl sites for hydroxylation is 1. The first kappa shape index (κ1) is 25.8. The average molecular weight is 609 g/mol. The molecule has 37 heavy (non-hydrogen) atoms. The molecule has 2 N–H and O–H groups in total. The van der Waals surface area contributed by atoms with Crippen molar-refractivity contribution >= 4 is 0 Å². The molecule has 3 aromatic carbocycles. The molecule has 0 unspecified atom stereocenters. The number of rotatable bonds is 8. The summed E-state index contributed by atoms with van der Waals surface area (Å²) in [7, 11) is 0. The second kappa shape index (κ2) is 11.7. The molecule has 0 saturated carbocycles. The topological polar surface area (TPSA) is 61.4 Å². The molecule has 0 aliphatic carbocycles. The number of hydrogen-bond donors (Lipinski definition) is 2. The Kier molecular flexibility index (Phi) is 8.15. The van der Waals surface area contributed by atoms with E-state index in [2.05, 4.69) is 53.2 Å². The van der Waals surface area contributed by atoms with E-state index >= 15 is 0 Å². The molecule has 0 radical (unpaired) electrons. The van der Waals surface area contributed by atoms with Crippen molar-refractivity contribution in [2.75, 3.05) is 21.9 Å². The van der Waals surface area contributed by atoms with Gasteiger partial charge in [0.2, 0.25) is 0 Å². The number of hydrogen-bond acceptors (Lipinski definition) is 4. The second-order valence-corrected chi connectivity index (χ2v) is 13.2. The van der Waals surface area contributed by atoms with Gasteiger partial charge in [-0.1, -0.05) is 44.2 Å². The summed E-state index contributed by atoms with van der Waals surface area (Å²) in [6.45, 7) is 10.3. The first-order valence-electron chi connectivity index (χ1n) is 12.9. The molecule has 194 valence electrons. The number of aromatic hydroxyl groups is 1. The van der Waals surface area contributed by atoms with E-state index < -0.39 is 0 Å². The second-order valence-electron chi connectivity index (χ2n) is 9.95. The van der Waals surface area contributed by atoms with E-state index in [1.54, 1.807) is 6.07 Å². The Morgan fingerprint density at radius 3 is 2.43 bits per heavy atom. The van der Waals surface area contributed by atoms with Gasteiger partial charge in [-0.15, -0.1) is 0 Å². The Balaban J connectivity index is 1.43. The fourth-order valence-electron chi connectivity index (χ4n) is 4.82. The molecule has 1 aliphatic heterocycles. The quantitative estimate of drug-likeness (QED) is 0.238. The summed E-state index contributed by atoms with van der Waals surface area (Å²) >= 11 is 0.445. The van der Waals surface area contributed by atoms with E-state index in [4.69, 9.17) is 4.74 Å². The van der Waals surface area contributed by atoms with E-state index in [0.717, 1.165) is 45.7 Å². The summed E-state index contributed by atoms with van der Waals surface area (Å²) in [6, 6.07) is 22.7. The van der Waals surface area contributed by atoms with Gasteiger partial charge in [-0.3, -0.25) is 0 Å². The zero-order valence-corrected chi connectivity index (χ0v) is 24.0. The van der Waals surface area contributed by atoms with Crippen molar-refractivity contribution in [3.63, 3.8) is 0 Å². The molecule has 1 aliphatic rings. The van der Waals surface area contributed by atoms with Crippen LogP contribution in [0.15, 0.2) is 66.7 Å². The predicted octanol–water partition coefficient (Wildman–Crippen LogP) is 3.36. The van der Waals surface area contributed by atoms with Gasteiger partial charge >= 0.3 is 141 Å². The number of halogens is 1. The minimum atomic E-state index is 0.171. The maximum absolute atomic E-state index is 11.1. The van der Waals surface area contributed by atoms with Crippen LogP contribution in [0.1, 0.15) is 42.1 Å². The van der Waals surface area contributed by atoms with Gasteiger partial charge in [-0.2, -0.15) is 0 Å². The normalized spacial score (nSPS) is 14.5. The number of alkyl halides is 2. The van der Waals surface area contributed by atoms with Crippen molar-refractivity contribution in [3.05, 3.63) is 89.1 Å². The number of ether oxygens (including phenoxy) is 1. The molecule has 0 atom stereocenters. The number of H-pyrrole nitrogens is 1. The number of aromatic nitrogens is 2. The Morgan fingerprint density at radius 1 is 1.00 bits per heavy atom. The van der Waals surface area contributed by atoms with Crippen LogP contribution < -0.4 is 25.9 Å². The SMILES string of the molecule is Cc1[nH]nc(-c2cc(C(C)C)c(OCc3ccccc3)cc2O)c1-c1ccc(CN2CC[I-]CC2)cc1. The molecule has 0 bridgehead atoms. The fourth-order valence-corrected chi connectivity index (χ4v) is 7.41. The minimum absolute atomic E-state index is 0.171. The molecular weight excluding hydrogens is 573 g/mol. The van der Waals surface area contributed by atoms with Crippen molar-refractivity contribution in [2.24, 2.45) is 0 Å². The van der Waals surface area contributed by atoms with Crippen LogP contribution in [0, 0.1) is 6.92 Å². The van der Waals surface area contributed by atoms with Crippen LogP contribution in [0.5, 0.6) is 11.5 Å². The van der Waals surface area contributed by atoms with Crippen LogP contribution in [0.25, 0.3) is 22.4 Å². The van der Waals surface area contributed by atoms with Crippen molar-refractivity contribution < 1.29 is 31.0 Å². The van der Waals surface area contributed by atoms with Gasteiger partial charge < -0.3 is 9.84 Å². The van der Waals surface area contributed by atoms with Gasteiger partial charge in [0.05, 0.1) is 0 Å². The monoisotopic (exact) mass is 608 g/mol. The number of benzene rings is 3. The molecular formula is C31H35IN3O2-. The average Bonchev–Trinajstić information content (AvgIpc) is 3.30. The molecule has 5 nitrogen and oxygen atoms in total. The Morgan fingerprint density at radius 2 is 1.73 bits per heavy atom. The van der Waals surface area contributed by atoms with E-state index in [1.165, 1.54) is 27.5 Å². The van der Waals surface area contributed by atoms with Crippen LogP contribution in [0.2, 0.25) is 0 Å². The van der Waals surface area contributed by atoms with Crippen molar-refractivity contribution in [3.8, 4) is 33.9 Å². The fraction of sp³-hybridized carbons (Fsp3) is 0.323. The third-order valence-electron chi connectivity index (χ3n) is 6.91. The predicted molar refractivity (Wildman–Crippen MR) is 146 cm³/mol. The van der Waals surface area contributed by atoms with Gasteiger partial charge in [0.1, 0.15) is 12.4 Å². The van der Waals surface area contributed by atoms with E-state index in [1.807, 2.05) is 43.3 Å². The number of aromatic amines is 1. The zero-order chi connectivity index (χ0) is 25.8. The summed E-state index contributed by atoms with van der Waals surface area (Å²) in [5.74, 6) is 1.10. The zero-order valence-electron chi connectivity index (χ0n) is 21.8. The summed E-state index contributed by atoms with van der Waals surface area (Å²) in [5, 5.41) is 18.9. The van der Waals surface area contributed by atoms with Gasteiger partial charge in [-0.25, -0.2) is 0 Å². The van der Waals surface area contributed by atoms with Crippen LogP contribution in [-0.2, 0) is 13.2 Å². The molecule has 6 heteroatoms. The van der Waals surface area contributed by atoms with Crippen molar-refractivity contribution in [1.82, 2.24) is 15.1 Å². The summed E-state index contributed by atoms with van der Waals surface area (Å²) < 4.78 is 8.98. The van der Waals surface area contributed by atoms with Gasteiger partial charge in [-0.05, 0) is 17.0 Å². The third kappa shape index (κ3) is 6.02. The van der Waals surface area contributed by atoms with Gasteiger partial charge in [0.15, 0.2) is 0 Å². The van der Waals surface area contributed by atoms with Crippen molar-refractivity contribution in [1.29, 1.82) is 0 Å². The maximum atomic E-state index is 11.1. The first-order chi connectivity index (χ1) is 18.0. The number of phenols is 1. The van der Waals surface area contributed by atoms with E-state index in [0.29, 0.717) is 33.6 Å². The molecule has 1 saturated heterocycles. The van der Waals surface area contributed by atoms with E-state index in [9.17, 15) is 5.11 Å². The Labute approximate surface area is 230 Å². The summed E-state index contributed by atoms with van der Waals surface area (Å²) in [6.07, 6.45) is 0. The Bertz CT molecular complexity index is 1330.